The van der Waals surface area contributed by atoms with Gasteiger partial charge in [0.25, 0.3) is 10.0 Å². The Labute approximate surface area is 161 Å². The van der Waals surface area contributed by atoms with Crippen molar-refractivity contribution in [2.24, 2.45) is 0 Å². The number of nitrogens with zero attached hydrogens (tertiary/aromatic N) is 1. The van der Waals surface area contributed by atoms with Crippen LogP contribution < -0.4 is 14.2 Å². The van der Waals surface area contributed by atoms with E-state index in [1.807, 2.05) is 0 Å². The van der Waals surface area contributed by atoms with Crippen LogP contribution in [-0.4, -0.2) is 20.7 Å². The van der Waals surface area contributed by atoms with E-state index in [4.69, 9.17) is 25.6 Å². The van der Waals surface area contributed by atoms with Gasteiger partial charge in [-0.1, -0.05) is 22.8 Å². The van der Waals surface area contributed by atoms with Crippen LogP contribution in [0.4, 0.5) is 5.69 Å². The third kappa shape index (κ3) is 4.17. The highest BCUT2D eigenvalue weighted by Crippen LogP contribution is 2.35. The van der Waals surface area contributed by atoms with Gasteiger partial charge in [0.05, 0.1) is 12.8 Å². The highest BCUT2D eigenvalue weighted by molar-refractivity contribution is 7.92. The zero-order chi connectivity index (χ0) is 19.6. The standard InChI is InChI=1S/C18H17ClN2O5S/c1-11-18(12(2)26-20-11)27(22,23)21-16-9-13(19)7-8-17(16)25-15-6-4-5-14(10-15)24-3/h4-10,21H,1-3H3. The Hall–Kier alpha value is -2.71. The number of nitrogens with one attached hydrogen (secondary N) is 1. The van der Waals surface area contributed by atoms with Crippen molar-refractivity contribution >= 4 is 27.3 Å². The van der Waals surface area contributed by atoms with E-state index in [-0.39, 0.29) is 27.8 Å². The van der Waals surface area contributed by atoms with Gasteiger partial charge in [0.1, 0.15) is 17.2 Å². The summed E-state index contributed by atoms with van der Waals surface area (Å²) in [6.45, 7) is 3.08. The second kappa shape index (κ2) is 7.50. The van der Waals surface area contributed by atoms with Gasteiger partial charge in [-0.3, -0.25) is 4.72 Å². The van der Waals surface area contributed by atoms with E-state index in [1.165, 1.54) is 13.0 Å². The number of methoxy groups -OCH3 is 1. The van der Waals surface area contributed by atoms with Crippen molar-refractivity contribution in [1.82, 2.24) is 5.16 Å². The minimum atomic E-state index is -3.95. The minimum absolute atomic E-state index is 0.0187. The van der Waals surface area contributed by atoms with E-state index >= 15 is 0 Å². The molecular formula is C18H17ClN2O5S. The number of sulfonamides is 1. The molecule has 0 spiro atoms. The van der Waals surface area contributed by atoms with Crippen LogP contribution in [0.2, 0.25) is 5.02 Å². The van der Waals surface area contributed by atoms with Gasteiger partial charge in [0, 0.05) is 11.1 Å². The second-order valence-electron chi connectivity index (χ2n) is 5.68. The Bertz CT molecular complexity index is 1060. The van der Waals surface area contributed by atoms with E-state index in [0.29, 0.717) is 16.5 Å². The summed E-state index contributed by atoms with van der Waals surface area (Å²) < 4.78 is 44.0. The molecule has 1 heterocycles. The van der Waals surface area contributed by atoms with Crippen molar-refractivity contribution in [3.8, 4) is 17.2 Å². The number of halogens is 1. The Morgan fingerprint density at radius 3 is 2.52 bits per heavy atom. The van der Waals surface area contributed by atoms with Crippen molar-refractivity contribution in [3.63, 3.8) is 0 Å². The van der Waals surface area contributed by atoms with Gasteiger partial charge in [0.15, 0.2) is 16.4 Å². The number of rotatable bonds is 6. The number of hydrogen-bond acceptors (Lipinski definition) is 6. The minimum Gasteiger partial charge on any atom is -0.497 e. The van der Waals surface area contributed by atoms with Crippen LogP contribution in [0.15, 0.2) is 51.9 Å². The van der Waals surface area contributed by atoms with E-state index in [1.54, 1.807) is 50.4 Å². The van der Waals surface area contributed by atoms with Crippen molar-refractivity contribution in [2.75, 3.05) is 11.8 Å². The lowest BCUT2D eigenvalue weighted by atomic mass is 10.3. The molecule has 0 atom stereocenters. The summed E-state index contributed by atoms with van der Waals surface area (Å²) in [5, 5.41) is 4.04. The molecule has 7 nitrogen and oxygen atoms in total. The zero-order valence-corrected chi connectivity index (χ0v) is 16.4. The molecule has 0 aliphatic carbocycles. The smallest absolute Gasteiger partial charge is 0.267 e. The third-order valence-corrected chi connectivity index (χ3v) is 5.54. The Kier molecular flexibility index (Phi) is 5.29. The lowest BCUT2D eigenvalue weighted by Crippen LogP contribution is -2.15. The Morgan fingerprint density at radius 1 is 1.11 bits per heavy atom. The molecular weight excluding hydrogens is 392 g/mol. The SMILES string of the molecule is COc1cccc(Oc2ccc(Cl)cc2NS(=O)(=O)c2c(C)noc2C)c1. The summed E-state index contributed by atoms with van der Waals surface area (Å²) in [4.78, 5) is -0.0187. The Balaban J connectivity index is 1.97. The maximum Gasteiger partial charge on any atom is 0.267 e. The number of anilines is 1. The number of hydrogen-bond donors (Lipinski definition) is 1. The van der Waals surface area contributed by atoms with E-state index in [2.05, 4.69) is 9.88 Å². The molecule has 3 rings (SSSR count). The maximum atomic E-state index is 12.8. The number of aryl methyl sites for hydroxylation is 2. The average molecular weight is 409 g/mol. The van der Waals surface area contributed by atoms with E-state index in [0.717, 1.165) is 0 Å². The fraction of sp³-hybridized carbons (Fsp3) is 0.167. The highest BCUT2D eigenvalue weighted by atomic mass is 35.5. The molecule has 0 bridgehead atoms. The van der Waals surface area contributed by atoms with Crippen LogP contribution >= 0.6 is 11.6 Å². The zero-order valence-electron chi connectivity index (χ0n) is 14.8. The van der Waals surface area contributed by atoms with Crippen molar-refractivity contribution in [1.29, 1.82) is 0 Å². The van der Waals surface area contributed by atoms with Crippen LogP contribution in [0.3, 0.4) is 0 Å². The molecule has 0 saturated heterocycles. The maximum absolute atomic E-state index is 12.8. The average Bonchev–Trinajstić information content (AvgIpc) is 2.96. The molecule has 0 saturated carbocycles. The molecule has 3 aromatic rings. The molecule has 0 amide bonds. The van der Waals surface area contributed by atoms with Gasteiger partial charge in [-0.05, 0) is 44.2 Å². The molecule has 0 aliphatic rings. The molecule has 27 heavy (non-hydrogen) atoms. The number of benzene rings is 2. The summed E-state index contributed by atoms with van der Waals surface area (Å²) >= 11 is 6.04. The fourth-order valence-electron chi connectivity index (χ4n) is 2.52. The largest absolute Gasteiger partial charge is 0.497 e. The molecule has 1 N–H and O–H groups in total. The van der Waals surface area contributed by atoms with E-state index in [9.17, 15) is 8.42 Å². The van der Waals surface area contributed by atoms with Crippen LogP contribution in [0.25, 0.3) is 0 Å². The first-order chi connectivity index (χ1) is 12.8. The number of aromatic nitrogens is 1. The van der Waals surface area contributed by atoms with Crippen LogP contribution in [0.1, 0.15) is 11.5 Å². The van der Waals surface area contributed by atoms with Gasteiger partial charge in [0.2, 0.25) is 0 Å². The molecule has 9 heteroatoms. The summed E-state index contributed by atoms with van der Waals surface area (Å²) in [7, 11) is -2.40. The summed E-state index contributed by atoms with van der Waals surface area (Å²) in [5.74, 6) is 1.56. The first-order valence-corrected chi connectivity index (χ1v) is 9.73. The van der Waals surface area contributed by atoms with Crippen LogP contribution in [-0.2, 0) is 10.0 Å². The predicted molar refractivity (Wildman–Crippen MR) is 101 cm³/mol. The van der Waals surface area contributed by atoms with E-state index < -0.39 is 10.0 Å². The van der Waals surface area contributed by atoms with Gasteiger partial charge in [-0.25, -0.2) is 8.42 Å². The second-order valence-corrected chi connectivity index (χ2v) is 7.74. The summed E-state index contributed by atoms with van der Waals surface area (Å²) in [6.07, 6.45) is 0. The quantitative estimate of drug-likeness (QED) is 0.643. The van der Waals surface area contributed by atoms with Gasteiger partial charge < -0.3 is 14.0 Å². The fourth-order valence-corrected chi connectivity index (χ4v) is 4.08. The monoisotopic (exact) mass is 408 g/mol. The topological polar surface area (TPSA) is 90.7 Å². The third-order valence-electron chi connectivity index (χ3n) is 3.69. The van der Waals surface area contributed by atoms with Gasteiger partial charge in [-0.2, -0.15) is 0 Å². The van der Waals surface area contributed by atoms with Crippen molar-refractivity contribution in [3.05, 3.63) is 58.9 Å². The molecule has 2 aromatic carbocycles. The lowest BCUT2D eigenvalue weighted by molar-refractivity contribution is 0.390. The highest BCUT2D eigenvalue weighted by Gasteiger charge is 2.25. The first-order valence-electron chi connectivity index (χ1n) is 7.87. The molecule has 1 aromatic heterocycles. The van der Waals surface area contributed by atoms with Crippen LogP contribution in [0, 0.1) is 13.8 Å². The van der Waals surface area contributed by atoms with Gasteiger partial charge in [-0.15, -0.1) is 0 Å². The molecule has 0 radical (unpaired) electrons. The molecule has 0 unspecified atom stereocenters. The number of ether oxygens (including phenoxy) is 2. The normalized spacial score (nSPS) is 11.3. The van der Waals surface area contributed by atoms with Gasteiger partial charge >= 0.3 is 0 Å². The van der Waals surface area contributed by atoms with Crippen LogP contribution in [0.5, 0.6) is 17.2 Å². The Morgan fingerprint density at radius 2 is 1.85 bits per heavy atom. The molecule has 142 valence electrons. The summed E-state index contributed by atoms with van der Waals surface area (Å²) in [5.41, 5.74) is 0.447. The molecule has 0 aliphatic heterocycles. The van der Waals surface area contributed by atoms with Crippen molar-refractivity contribution in [2.45, 2.75) is 18.7 Å². The predicted octanol–water partition coefficient (Wildman–Crippen LogP) is 4.55. The molecule has 0 fully saturated rings. The lowest BCUT2D eigenvalue weighted by Gasteiger charge is -2.14. The first kappa shape index (κ1) is 19.1. The van der Waals surface area contributed by atoms with Crippen molar-refractivity contribution < 1.29 is 22.4 Å². The summed E-state index contributed by atoms with van der Waals surface area (Å²) in [6, 6.07) is 11.6.